The number of aryl methyl sites for hydroxylation is 1. The van der Waals surface area contributed by atoms with E-state index in [2.05, 4.69) is 5.32 Å². The average Bonchev–Trinajstić information content (AvgIpc) is 2.58. The van der Waals surface area contributed by atoms with Gasteiger partial charge in [-0.05, 0) is 24.6 Å². The molecule has 1 amide bonds. The Bertz CT molecular complexity index is 677. The van der Waals surface area contributed by atoms with Crippen LogP contribution < -0.4 is 10.1 Å². The number of methoxy groups -OCH3 is 1. The third-order valence-corrected chi connectivity index (χ3v) is 3.58. The van der Waals surface area contributed by atoms with Gasteiger partial charge in [0.15, 0.2) is 5.78 Å². The Balaban J connectivity index is 1.78. The Hall–Kier alpha value is -2.62. The number of carbonyl (C=O) groups is 2. The predicted molar refractivity (Wildman–Crippen MR) is 89.6 cm³/mol. The van der Waals surface area contributed by atoms with Crippen LogP contribution in [0.15, 0.2) is 48.5 Å². The first kappa shape index (κ1) is 16.7. The van der Waals surface area contributed by atoms with Gasteiger partial charge in [-0.1, -0.05) is 42.0 Å². The summed E-state index contributed by atoms with van der Waals surface area (Å²) in [5.41, 5.74) is 2.72. The Kier molecular flexibility index (Phi) is 5.92. The second kappa shape index (κ2) is 8.13. The zero-order chi connectivity index (χ0) is 16.7. The van der Waals surface area contributed by atoms with E-state index >= 15 is 0 Å². The Morgan fingerprint density at radius 3 is 2.48 bits per heavy atom. The second-order valence-electron chi connectivity index (χ2n) is 5.42. The molecule has 2 aromatic rings. The predicted octanol–water partition coefficient (Wildman–Crippen LogP) is 3.28. The molecule has 0 radical (unpaired) electrons. The lowest BCUT2D eigenvalue weighted by Gasteiger charge is -2.07. The number of carbonyl (C=O) groups excluding carboxylic acids is 2. The molecule has 0 heterocycles. The van der Waals surface area contributed by atoms with Gasteiger partial charge in [0.05, 0.1) is 7.11 Å². The van der Waals surface area contributed by atoms with Crippen molar-refractivity contribution in [3.8, 4) is 5.75 Å². The van der Waals surface area contributed by atoms with E-state index in [-0.39, 0.29) is 24.5 Å². The number of ketones is 1. The Morgan fingerprint density at radius 1 is 1.04 bits per heavy atom. The lowest BCUT2D eigenvalue weighted by molar-refractivity contribution is -0.121. The van der Waals surface area contributed by atoms with Gasteiger partial charge in [-0.3, -0.25) is 9.59 Å². The van der Waals surface area contributed by atoms with Crippen molar-refractivity contribution in [3.05, 3.63) is 65.2 Å². The fourth-order valence-electron chi connectivity index (χ4n) is 2.18. The van der Waals surface area contributed by atoms with E-state index in [1.54, 1.807) is 19.2 Å². The summed E-state index contributed by atoms with van der Waals surface area (Å²) in [6, 6.07) is 14.9. The molecule has 0 spiro atoms. The molecule has 0 saturated carbocycles. The number of benzene rings is 2. The maximum atomic E-state index is 12.0. The maximum absolute atomic E-state index is 12.0. The molecule has 0 fully saturated rings. The molecule has 0 atom stereocenters. The van der Waals surface area contributed by atoms with E-state index in [0.717, 1.165) is 16.9 Å². The molecule has 0 bridgehead atoms. The minimum absolute atomic E-state index is 0.0125. The number of Topliss-reactive ketones (excluding diaryl/α,β-unsaturated/α-hetero) is 1. The summed E-state index contributed by atoms with van der Waals surface area (Å²) in [7, 11) is 1.61. The zero-order valence-corrected chi connectivity index (χ0v) is 13.5. The normalized spacial score (nSPS) is 10.2. The molecule has 0 aromatic heterocycles. The molecule has 1 N–H and O–H groups in total. The van der Waals surface area contributed by atoms with E-state index in [4.69, 9.17) is 4.74 Å². The summed E-state index contributed by atoms with van der Waals surface area (Å²) in [6.07, 6.45) is 0.406. The highest BCUT2D eigenvalue weighted by Gasteiger charge is 2.09. The Morgan fingerprint density at radius 2 is 1.78 bits per heavy atom. The fourth-order valence-corrected chi connectivity index (χ4v) is 2.18. The van der Waals surface area contributed by atoms with Gasteiger partial charge < -0.3 is 10.1 Å². The molecule has 0 aliphatic heterocycles. The van der Waals surface area contributed by atoms with Crippen molar-refractivity contribution in [2.24, 2.45) is 0 Å². The molecular weight excluding hydrogens is 290 g/mol. The molecule has 0 aliphatic carbocycles. The summed E-state index contributed by atoms with van der Waals surface area (Å²) in [6.45, 7) is 2.40. The van der Waals surface area contributed by atoms with Crippen LogP contribution in [-0.4, -0.2) is 18.8 Å². The number of hydrogen-bond acceptors (Lipinski definition) is 3. The van der Waals surface area contributed by atoms with Crippen molar-refractivity contribution >= 4 is 11.7 Å². The van der Waals surface area contributed by atoms with Crippen LogP contribution in [0.3, 0.4) is 0 Å². The van der Waals surface area contributed by atoms with Gasteiger partial charge in [-0.2, -0.15) is 0 Å². The quantitative estimate of drug-likeness (QED) is 0.798. The van der Waals surface area contributed by atoms with Crippen molar-refractivity contribution in [2.75, 3.05) is 7.11 Å². The van der Waals surface area contributed by atoms with Crippen LogP contribution in [-0.2, 0) is 11.3 Å². The molecule has 120 valence electrons. The van der Waals surface area contributed by atoms with E-state index < -0.39 is 0 Å². The maximum Gasteiger partial charge on any atom is 0.220 e. The van der Waals surface area contributed by atoms with Crippen LogP contribution in [0.5, 0.6) is 5.75 Å². The van der Waals surface area contributed by atoms with Crippen LogP contribution in [0.4, 0.5) is 0 Å². The smallest absolute Gasteiger partial charge is 0.220 e. The molecule has 4 nitrogen and oxygen atoms in total. The molecule has 2 rings (SSSR count). The van der Waals surface area contributed by atoms with Gasteiger partial charge >= 0.3 is 0 Å². The Labute approximate surface area is 136 Å². The van der Waals surface area contributed by atoms with Crippen molar-refractivity contribution in [3.63, 3.8) is 0 Å². The minimum atomic E-state index is -0.131. The van der Waals surface area contributed by atoms with Gasteiger partial charge in [0, 0.05) is 24.9 Å². The van der Waals surface area contributed by atoms with Crippen LogP contribution in [0.1, 0.15) is 34.3 Å². The standard InChI is InChI=1S/C19H21NO3/c1-14-6-8-16(9-7-14)18(21)10-11-19(22)20-13-15-4-3-5-17(12-15)23-2/h3-9,12H,10-11,13H2,1-2H3,(H,20,22). The van der Waals surface area contributed by atoms with Crippen molar-refractivity contribution < 1.29 is 14.3 Å². The fraction of sp³-hybridized carbons (Fsp3) is 0.263. The first-order valence-corrected chi connectivity index (χ1v) is 7.58. The van der Waals surface area contributed by atoms with Crippen LogP contribution in [0, 0.1) is 6.92 Å². The van der Waals surface area contributed by atoms with E-state index in [1.165, 1.54) is 0 Å². The van der Waals surface area contributed by atoms with Gasteiger partial charge in [0.1, 0.15) is 5.75 Å². The number of amides is 1. The summed E-state index contributed by atoms with van der Waals surface area (Å²) < 4.78 is 5.14. The van der Waals surface area contributed by atoms with Crippen LogP contribution >= 0.6 is 0 Å². The lowest BCUT2D eigenvalue weighted by Crippen LogP contribution is -2.23. The number of ether oxygens (including phenoxy) is 1. The van der Waals surface area contributed by atoms with E-state index in [9.17, 15) is 9.59 Å². The van der Waals surface area contributed by atoms with Gasteiger partial charge in [-0.15, -0.1) is 0 Å². The highest BCUT2D eigenvalue weighted by molar-refractivity contribution is 5.97. The first-order valence-electron chi connectivity index (χ1n) is 7.58. The highest BCUT2D eigenvalue weighted by Crippen LogP contribution is 2.12. The summed E-state index contributed by atoms with van der Waals surface area (Å²) in [5.74, 6) is 0.612. The van der Waals surface area contributed by atoms with Gasteiger partial charge in [0.25, 0.3) is 0 Å². The minimum Gasteiger partial charge on any atom is -0.497 e. The molecule has 4 heteroatoms. The average molecular weight is 311 g/mol. The SMILES string of the molecule is COc1cccc(CNC(=O)CCC(=O)c2ccc(C)cc2)c1. The van der Waals surface area contributed by atoms with Gasteiger partial charge in [0.2, 0.25) is 5.91 Å². The molecule has 0 unspecified atom stereocenters. The van der Waals surface area contributed by atoms with E-state index in [0.29, 0.717) is 12.1 Å². The molecule has 0 saturated heterocycles. The second-order valence-corrected chi connectivity index (χ2v) is 5.42. The van der Waals surface area contributed by atoms with E-state index in [1.807, 2.05) is 43.3 Å². The molecule has 23 heavy (non-hydrogen) atoms. The van der Waals surface area contributed by atoms with Crippen molar-refractivity contribution in [2.45, 2.75) is 26.3 Å². The lowest BCUT2D eigenvalue weighted by atomic mass is 10.0. The number of nitrogens with one attached hydrogen (secondary N) is 1. The topological polar surface area (TPSA) is 55.4 Å². The highest BCUT2D eigenvalue weighted by atomic mass is 16.5. The largest absolute Gasteiger partial charge is 0.497 e. The molecule has 2 aromatic carbocycles. The third kappa shape index (κ3) is 5.25. The van der Waals surface area contributed by atoms with Crippen molar-refractivity contribution in [1.82, 2.24) is 5.32 Å². The summed E-state index contributed by atoms with van der Waals surface area (Å²) >= 11 is 0. The van der Waals surface area contributed by atoms with Crippen molar-refractivity contribution in [1.29, 1.82) is 0 Å². The zero-order valence-electron chi connectivity index (χ0n) is 13.5. The molecule has 0 aliphatic rings. The summed E-state index contributed by atoms with van der Waals surface area (Å²) in [4.78, 5) is 23.9. The molecular formula is C19H21NO3. The van der Waals surface area contributed by atoms with Crippen LogP contribution in [0.25, 0.3) is 0 Å². The summed E-state index contributed by atoms with van der Waals surface area (Å²) in [5, 5.41) is 2.82. The van der Waals surface area contributed by atoms with Crippen LogP contribution in [0.2, 0.25) is 0 Å². The van der Waals surface area contributed by atoms with Gasteiger partial charge in [-0.25, -0.2) is 0 Å². The first-order chi connectivity index (χ1) is 11.1. The number of rotatable bonds is 7. The number of hydrogen-bond donors (Lipinski definition) is 1. The third-order valence-electron chi connectivity index (χ3n) is 3.58. The monoisotopic (exact) mass is 311 g/mol.